The number of β-amino-alcohol motifs (C(OH)–C–C–N with tert-alkyl or cyclic N) is 1. The standard InChI is InChI=1S/C7H11N5O/c13-6-1-12(2-6)5-11-7-9-3-8-4-10-7/h3-4,6,13H,1-2,5H2,(H,8,9,10,11). The highest BCUT2D eigenvalue weighted by atomic mass is 16.3. The molecule has 1 aliphatic heterocycles. The molecule has 0 saturated carbocycles. The highest BCUT2D eigenvalue weighted by molar-refractivity contribution is 5.20. The number of nitrogens with one attached hydrogen (secondary N) is 1. The largest absolute Gasteiger partial charge is 0.390 e. The van der Waals surface area contributed by atoms with Crippen LogP contribution in [0.25, 0.3) is 0 Å². The third kappa shape index (κ3) is 2.10. The van der Waals surface area contributed by atoms with E-state index in [0.717, 1.165) is 13.1 Å². The summed E-state index contributed by atoms with van der Waals surface area (Å²) in [5.41, 5.74) is 0. The SMILES string of the molecule is OC1CN(CNc2ncncn2)C1. The maximum atomic E-state index is 9.00. The summed E-state index contributed by atoms with van der Waals surface area (Å²) in [6, 6.07) is 0. The number of rotatable bonds is 3. The van der Waals surface area contributed by atoms with E-state index >= 15 is 0 Å². The molecule has 2 rings (SSSR count). The number of aliphatic hydroxyl groups excluding tert-OH is 1. The van der Waals surface area contributed by atoms with E-state index in [1.807, 2.05) is 0 Å². The zero-order chi connectivity index (χ0) is 9.10. The van der Waals surface area contributed by atoms with Crippen LogP contribution in [-0.4, -0.2) is 50.8 Å². The second-order valence-electron chi connectivity index (χ2n) is 2.99. The summed E-state index contributed by atoms with van der Waals surface area (Å²) in [7, 11) is 0. The molecule has 0 unspecified atom stereocenters. The van der Waals surface area contributed by atoms with Crippen molar-refractivity contribution in [3.8, 4) is 0 Å². The van der Waals surface area contributed by atoms with Gasteiger partial charge in [0.1, 0.15) is 12.7 Å². The smallest absolute Gasteiger partial charge is 0.226 e. The second kappa shape index (κ2) is 3.63. The molecule has 2 N–H and O–H groups in total. The van der Waals surface area contributed by atoms with Gasteiger partial charge in [0.15, 0.2) is 0 Å². The molecular formula is C7H11N5O. The Balaban J connectivity index is 1.74. The molecule has 1 aromatic rings. The molecule has 0 bridgehead atoms. The summed E-state index contributed by atoms with van der Waals surface area (Å²) in [6.45, 7) is 2.11. The first-order chi connectivity index (χ1) is 6.34. The molecule has 70 valence electrons. The molecule has 1 aromatic heterocycles. The van der Waals surface area contributed by atoms with Crippen molar-refractivity contribution < 1.29 is 5.11 Å². The highest BCUT2D eigenvalue weighted by Crippen LogP contribution is 2.06. The molecule has 13 heavy (non-hydrogen) atoms. The zero-order valence-corrected chi connectivity index (χ0v) is 7.09. The van der Waals surface area contributed by atoms with E-state index in [9.17, 15) is 0 Å². The fourth-order valence-electron chi connectivity index (χ4n) is 1.18. The Morgan fingerprint density at radius 3 is 2.77 bits per heavy atom. The van der Waals surface area contributed by atoms with Gasteiger partial charge in [0.2, 0.25) is 5.95 Å². The predicted molar refractivity (Wildman–Crippen MR) is 45.9 cm³/mol. The Hall–Kier alpha value is -1.27. The third-order valence-corrected chi connectivity index (χ3v) is 1.89. The van der Waals surface area contributed by atoms with Crippen LogP contribution in [-0.2, 0) is 0 Å². The van der Waals surface area contributed by atoms with Gasteiger partial charge in [-0.15, -0.1) is 0 Å². The van der Waals surface area contributed by atoms with E-state index in [1.54, 1.807) is 0 Å². The maximum Gasteiger partial charge on any atom is 0.226 e. The molecule has 6 heteroatoms. The minimum atomic E-state index is -0.167. The summed E-state index contributed by atoms with van der Waals surface area (Å²) >= 11 is 0. The molecule has 1 fully saturated rings. The van der Waals surface area contributed by atoms with Gasteiger partial charge in [-0.25, -0.2) is 15.0 Å². The molecule has 6 nitrogen and oxygen atoms in total. The van der Waals surface area contributed by atoms with Crippen LogP contribution >= 0.6 is 0 Å². The highest BCUT2D eigenvalue weighted by Gasteiger charge is 2.23. The molecule has 0 amide bonds. The van der Waals surface area contributed by atoms with Crippen LogP contribution in [0.15, 0.2) is 12.7 Å². The van der Waals surface area contributed by atoms with Gasteiger partial charge in [-0.3, -0.25) is 4.90 Å². The quantitative estimate of drug-likeness (QED) is 0.617. The lowest BCUT2D eigenvalue weighted by atomic mass is 10.2. The average molecular weight is 181 g/mol. The summed E-state index contributed by atoms with van der Waals surface area (Å²) in [6.07, 6.45) is 2.72. The van der Waals surface area contributed by atoms with Crippen LogP contribution in [0.1, 0.15) is 0 Å². The number of hydrogen-bond acceptors (Lipinski definition) is 6. The first kappa shape index (κ1) is 8.33. The molecular weight excluding hydrogens is 170 g/mol. The first-order valence-electron chi connectivity index (χ1n) is 4.11. The number of hydrogen-bond donors (Lipinski definition) is 2. The normalized spacial score (nSPS) is 18.2. The van der Waals surface area contributed by atoms with Gasteiger partial charge < -0.3 is 10.4 Å². The van der Waals surface area contributed by atoms with Crippen LogP contribution in [0.4, 0.5) is 5.95 Å². The van der Waals surface area contributed by atoms with Gasteiger partial charge in [-0.2, -0.15) is 0 Å². The second-order valence-corrected chi connectivity index (χ2v) is 2.99. The Morgan fingerprint density at radius 2 is 2.15 bits per heavy atom. The van der Waals surface area contributed by atoms with E-state index in [1.165, 1.54) is 12.7 Å². The average Bonchev–Trinajstić information content (AvgIpc) is 2.12. The summed E-state index contributed by atoms with van der Waals surface area (Å²) < 4.78 is 0. The summed E-state index contributed by atoms with van der Waals surface area (Å²) in [4.78, 5) is 13.6. The predicted octanol–water partition coefficient (Wildman–Crippen LogP) is -1.08. The molecule has 0 radical (unpaired) electrons. The van der Waals surface area contributed by atoms with E-state index in [2.05, 4.69) is 25.2 Å². The molecule has 1 saturated heterocycles. The first-order valence-corrected chi connectivity index (χ1v) is 4.11. The Bertz CT molecular complexity index is 261. The van der Waals surface area contributed by atoms with Crippen molar-refractivity contribution in [1.82, 2.24) is 19.9 Å². The Labute approximate surface area is 75.6 Å². The number of likely N-dealkylation sites (tertiary alicyclic amines) is 1. The van der Waals surface area contributed by atoms with Crippen LogP contribution in [0.2, 0.25) is 0 Å². The van der Waals surface area contributed by atoms with E-state index in [-0.39, 0.29) is 6.10 Å². The van der Waals surface area contributed by atoms with Gasteiger partial charge in [0.25, 0.3) is 0 Å². The fraction of sp³-hybridized carbons (Fsp3) is 0.571. The van der Waals surface area contributed by atoms with Gasteiger partial charge in [-0.1, -0.05) is 0 Å². The van der Waals surface area contributed by atoms with Crippen molar-refractivity contribution in [2.45, 2.75) is 6.10 Å². The third-order valence-electron chi connectivity index (χ3n) is 1.89. The van der Waals surface area contributed by atoms with Gasteiger partial charge in [0.05, 0.1) is 12.8 Å². The van der Waals surface area contributed by atoms with Crippen molar-refractivity contribution in [2.75, 3.05) is 25.1 Å². The molecule has 0 atom stereocenters. The lowest BCUT2D eigenvalue weighted by Gasteiger charge is -2.35. The van der Waals surface area contributed by atoms with Crippen molar-refractivity contribution in [2.24, 2.45) is 0 Å². The summed E-state index contributed by atoms with van der Waals surface area (Å²) in [5.74, 6) is 0.566. The van der Waals surface area contributed by atoms with Crippen molar-refractivity contribution in [1.29, 1.82) is 0 Å². The van der Waals surface area contributed by atoms with Gasteiger partial charge in [0, 0.05) is 13.1 Å². The number of anilines is 1. The molecule has 2 heterocycles. The lowest BCUT2D eigenvalue weighted by molar-refractivity contribution is 0.00700. The molecule has 0 aromatic carbocycles. The van der Waals surface area contributed by atoms with Crippen LogP contribution in [0.5, 0.6) is 0 Å². The fourth-order valence-corrected chi connectivity index (χ4v) is 1.18. The zero-order valence-electron chi connectivity index (χ0n) is 7.09. The van der Waals surface area contributed by atoms with Crippen LogP contribution in [0, 0.1) is 0 Å². The van der Waals surface area contributed by atoms with E-state index in [0.29, 0.717) is 12.6 Å². The molecule has 0 aliphatic carbocycles. The van der Waals surface area contributed by atoms with Gasteiger partial charge >= 0.3 is 0 Å². The van der Waals surface area contributed by atoms with Crippen molar-refractivity contribution in [3.05, 3.63) is 12.7 Å². The van der Waals surface area contributed by atoms with E-state index < -0.39 is 0 Å². The molecule has 0 spiro atoms. The van der Waals surface area contributed by atoms with Crippen LogP contribution < -0.4 is 5.32 Å². The van der Waals surface area contributed by atoms with E-state index in [4.69, 9.17) is 5.11 Å². The van der Waals surface area contributed by atoms with Crippen molar-refractivity contribution in [3.63, 3.8) is 0 Å². The molecule has 1 aliphatic rings. The number of nitrogens with zero attached hydrogens (tertiary/aromatic N) is 4. The summed E-state index contributed by atoms with van der Waals surface area (Å²) in [5, 5.41) is 12.0. The van der Waals surface area contributed by atoms with Gasteiger partial charge in [-0.05, 0) is 0 Å². The van der Waals surface area contributed by atoms with Crippen LogP contribution in [0.3, 0.4) is 0 Å². The number of aromatic nitrogens is 3. The minimum absolute atomic E-state index is 0.167. The Morgan fingerprint density at radius 1 is 1.46 bits per heavy atom. The minimum Gasteiger partial charge on any atom is -0.390 e. The topological polar surface area (TPSA) is 74.2 Å². The number of aliphatic hydroxyl groups is 1. The maximum absolute atomic E-state index is 9.00. The monoisotopic (exact) mass is 181 g/mol. The Kier molecular flexibility index (Phi) is 2.33. The lowest BCUT2D eigenvalue weighted by Crippen LogP contribution is -2.52. The van der Waals surface area contributed by atoms with Crippen molar-refractivity contribution >= 4 is 5.95 Å².